The molecule has 6 nitrogen and oxygen atoms in total. The Labute approximate surface area is 128 Å². The van der Waals surface area contributed by atoms with Crippen molar-refractivity contribution < 1.29 is 9.47 Å². The molecule has 0 aliphatic rings. The fourth-order valence-electron chi connectivity index (χ4n) is 1.78. The molecule has 0 spiro atoms. The minimum absolute atomic E-state index is 0.0314. The van der Waals surface area contributed by atoms with Crippen molar-refractivity contribution >= 4 is 11.7 Å². The molecule has 0 radical (unpaired) electrons. The third-order valence-corrected chi connectivity index (χ3v) is 2.95. The maximum Gasteiger partial charge on any atom is 0.122 e. The molecule has 6 heteroatoms. The molecule has 0 amide bonds. The van der Waals surface area contributed by atoms with E-state index in [-0.39, 0.29) is 11.7 Å². The normalized spacial score (nSPS) is 10.0. The first-order valence-electron chi connectivity index (χ1n) is 6.71. The van der Waals surface area contributed by atoms with Gasteiger partial charge in [0.05, 0.1) is 0 Å². The summed E-state index contributed by atoms with van der Waals surface area (Å²) in [5.74, 6) is 1.45. The zero-order valence-electron chi connectivity index (χ0n) is 12.0. The quantitative estimate of drug-likeness (QED) is 0.353. The molecule has 6 N–H and O–H groups in total. The van der Waals surface area contributed by atoms with Crippen LogP contribution in [0.15, 0.2) is 48.5 Å². The Morgan fingerprint density at radius 2 is 1.00 bits per heavy atom. The highest BCUT2D eigenvalue weighted by atomic mass is 16.5. The first-order valence-corrected chi connectivity index (χ1v) is 6.71. The summed E-state index contributed by atoms with van der Waals surface area (Å²) in [5.41, 5.74) is 12.1. The van der Waals surface area contributed by atoms with Gasteiger partial charge in [0.1, 0.15) is 36.4 Å². The summed E-state index contributed by atoms with van der Waals surface area (Å²) >= 11 is 0. The number of nitrogens with one attached hydrogen (secondary N) is 2. The molecule has 2 aromatic carbocycles. The SMILES string of the molecule is N=C(N)c1ccc(OCCOc2ccc(C(=N)N)cc2)cc1. The van der Waals surface area contributed by atoms with Crippen LogP contribution in [0.5, 0.6) is 11.5 Å². The highest BCUT2D eigenvalue weighted by Crippen LogP contribution is 2.13. The highest BCUT2D eigenvalue weighted by Gasteiger charge is 2.00. The average Bonchev–Trinajstić information content (AvgIpc) is 2.52. The molecule has 0 saturated heterocycles. The monoisotopic (exact) mass is 298 g/mol. The average molecular weight is 298 g/mol. The summed E-state index contributed by atoms with van der Waals surface area (Å²) in [5, 5.41) is 14.6. The topological polar surface area (TPSA) is 118 Å². The lowest BCUT2D eigenvalue weighted by atomic mass is 10.2. The van der Waals surface area contributed by atoms with Crippen molar-refractivity contribution in [3.05, 3.63) is 59.7 Å². The maximum atomic E-state index is 7.31. The molecule has 0 saturated carbocycles. The number of nitrogens with two attached hydrogens (primary N) is 2. The number of nitrogen functional groups attached to an aromatic ring is 2. The first kappa shape index (κ1) is 15.4. The van der Waals surface area contributed by atoms with Crippen molar-refractivity contribution in [2.24, 2.45) is 11.5 Å². The third-order valence-electron chi connectivity index (χ3n) is 2.95. The van der Waals surface area contributed by atoms with Crippen LogP contribution >= 0.6 is 0 Å². The summed E-state index contributed by atoms with van der Waals surface area (Å²) < 4.78 is 11.1. The Hall–Kier alpha value is -3.02. The Morgan fingerprint density at radius 3 is 1.27 bits per heavy atom. The minimum atomic E-state index is 0.0314. The second-order valence-electron chi connectivity index (χ2n) is 4.57. The highest BCUT2D eigenvalue weighted by molar-refractivity contribution is 5.95. The second-order valence-corrected chi connectivity index (χ2v) is 4.57. The molecule has 2 aromatic rings. The van der Waals surface area contributed by atoms with E-state index in [1.807, 2.05) is 0 Å². The van der Waals surface area contributed by atoms with Crippen molar-refractivity contribution in [2.75, 3.05) is 13.2 Å². The summed E-state index contributed by atoms with van der Waals surface area (Å²) in [6.45, 7) is 0.793. The molecular formula is C16H18N4O2. The molecule has 114 valence electrons. The number of amidine groups is 2. The first-order chi connectivity index (χ1) is 10.6. The second kappa shape index (κ2) is 7.12. The molecule has 0 aromatic heterocycles. The Balaban J connectivity index is 1.77. The van der Waals surface area contributed by atoms with E-state index in [9.17, 15) is 0 Å². The van der Waals surface area contributed by atoms with E-state index in [1.54, 1.807) is 48.5 Å². The molecule has 0 fully saturated rings. The van der Waals surface area contributed by atoms with E-state index in [0.717, 1.165) is 0 Å². The number of benzene rings is 2. The van der Waals surface area contributed by atoms with Gasteiger partial charge in [-0.25, -0.2) is 0 Å². The smallest absolute Gasteiger partial charge is 0.122 e. The Morgan fingerprint density at radius 1 is 0.682 bits per heavy atom. The van der Waals surface area contributed by atoms with Crippen molar-refractivity contribution in [3.63, 3.8) is 0 Å². The van der Waals surface area contributed by atoms with E-state index in [1.165, 1.54) is 0 Å². The van der Waals surface area contributed by atoms with E-state index < -0.39 is 0 Å². The van der Waals surface area contributed by atoms with Crippen LogP contribution in [-0.2, 0) is 0 Å². The van der Waals surface area contributed by atoms with Crippen molar-refractivity contribution in [1.82, 2.24) is 0 Å². The summed E-state index contributed by atoms with van der Waals surface area (Å²) in [4.78, 5) is 0. The van der Waals surface area contributed by atoms with Crippen molar-refractivity contribution in [2.45, 2.75) is 0 Å². The third kappa shape index (κ3) is 4.24. The van der Waals surface area contributed by atoms with E-state index in [4.69, 9.17) is 31.8 Å². The minimum Gasteiger partial charge on any atom is -0.490 e. The van der Waals surface area contributed by atoms with Gasteiger partial charge in [0, 0.05) is 11.1 Å². The lowest BCUT2D eigenvalue weighted by Gasteiger charge is -2.09. The van der Waals surface area contributed by atoms with Gasteiger partial charge < -0.3 is 20.9 Å². The van der Waals surface area contributed by atoms with Crippen LogP contribution in [0.2, 0.25) is 0 Å². The van der Waals surface area contributed by atoms with Gasteiger partial charge in [-0.15, -0.1) is 0 Å². The summed E-state index contributed by atoms with van der Waals surface area (Å²) in [7, 11) is 0. The molecule has 0 aliphatic heterocycles. The predicted octanol–water partition coefficient (Wildman–Crippen LogP) is 1.71. The summed E-state index contributed by atoms with van der Waals surface area (Å²) in [6.07, 6.45) is 0. The van der Waals surface area contributed by atoms with Gasteiger partial charge in [0.25, 0.3) is 0 Å². The van der Waals surface area contributed by atoms with Crippen LogP contribution in [0.4, 0.5) is 0 Å². The molecule has 0 bridgehead atoms. The van der Waals surface area contributed by atoms with Gasteiger partial charge >= 0.3 is 0 Å². The van der Waals surface area contributed by atoms with Gasteiger partial charge in [0.15, 0.2) is 0 Å². The molecule has 0 unspecified atom stereocenters. The number of ether oxygens (including phenoxy) is 2. The molecular weight excluding hydrogens is 280 g/mol. The fraction of sp³-hybridized carbons (Fsp3) is 0.125. The van der Waals surface area contributed by atoms with Gasteiger partial charge in [-0.2, -0.15) is 0 Å². The van der Waals surface area contributed by atoms with Crippen LogP contribution in [0.1, 0.15) is 11.1 Å². The molecule has 0 aliphatic carbocycles. The van der Waals surface area contributed by atoms with Crippen LogP contribution in [0.25, 0.3) is 0 Å². The van der Waals surface area contributed by atoms with Crippen molar-refractivity contribution in [1.29, 1.82) is 10.8 Å². The zero-order chi connectivity index (χ0) is 15.9. The van der Waals surface area contributed by atoms with Gasteiger partial charge in [0.2, 0.25) is 0 Å². The van der Waals surface area contributed by atoms with Crippen LogP contribution < -0.4 is 20.9 Å². The van der Waals surface area contributed by atoms with E-state index in [2.05, 4.69) is 0 Å². The van der Waals surface area contributed by atoms with Gasteiger partial charge in [-0.1, -0.05) is 0 Å². The molecule has 22 heavy (non-hydrogen) atoms. The summed E-state index contributed by atoms with van der Waals surface area (Å²) in [6, 6.07) is 14.0. The standard InChI is InChI=1S/C16H18N4O2/c17-15(18)11-1-5-13(6-2-11)21-9-10-22-14-7-3-12(4-8-14)16(19)20/h1-8H,9-10H2,(H3,17,18)(H3,19,20). The lowest BCUT2D eigenvalue weighted by molar-refractivity contribution is 0.217. The molecule has 2 rings (SSSR count). The molecule has 0 atom stereocenters. The Kier molecular flexibility index (Phi) is 4.98. The zero-order valence-corrected chi connectivity index (χ0v) is 12.0. The fourth-order valence-corrected chi connectivity index (χ4v) is 1.78. The molecule has 0 heterocycles. The van der Waals surface area contributed by atoms with E-state index in [0.29, 0.717) is 35.8 Å². The number of hydrogen-bond donors (Lipinski definition) is 4. The lowest BCUT2D eigenvalue weighted by Crippen LogP contribution is -2.12. The van der Waals surface area contributed by atoms with Gasteiger partial charge in [-0.3, -0.25) is 10.8 Å². The Bertz CT molecular complexity index is 591. The maximum absolute atomic E-state index is 7.31. The number of rotatable bonds is 7. The van der Waals surface area contributed by atoms with Gasteiger partial charge in [-0.05, 0) is 48.5 Å². The predicted molar refractivity (Wildman–Crippen MR) is 85.9 cm³/mol. The van der Waals surface area contributed by atoms with Crippen LogP contribution in [0, 0.1) is 10.8 Å². The van der Waals surface area contributed by atoms with Crippen molar-refractivity contribution in [3.8, 4) is 11.5 Å². The number of hydrogen-bond acceptors (Lipinski definition) is 4. The van der Waals surface area contributed by atoms with Crippen LogP contribution in [-0.4, -0.2) is 24.9 Å². The van der Waals surface area contributed by atoms with Crippen LogP contribution in [0.3, 0.4) is 0 Å². The largest absolute Gasteiger partial charge is 0.490 e. The van der Waals surface area contributed by atoms with E-state index >= 15 is 0 Å².